The summed E-state index contributed by atoms with van der Waals surface area (Å²) in [5.74, 6) is 1.45. The number of hydrogen-bond acceptors (Lipinski definition) is 4. The number of halogens is 1. The molecule has 2 aromatic carbocycles. The maximum absolute atomic E-state index is 13.3. The third kappa shape index (κ3) is 5.23. The van der Waals surface area contributed by atoms with Crippen LogP contribution in [-0.2, 0) is 11.2 Å². The number of hydrogen-bond donors (Lipinski definition) is 0. The second kappa shape index (κ2) is 9.64. The van der Waals surface area contributed by atoms with Gasteiger partial charge in [-0.05, 0) is 75.7 Å². The zero-order chi connectivity index (χ0) is 22.5. The first-order chi connectivity index (χ1) is 14.8. The van der Waals surface area contributed by atoms with Crippen molar-refractivity contribution >= 4 is 5.91 Å². The smallest absolute Gasteiger partial charge is 0.226 e. The average molecular weight is 426 g/mol. The van der Waals surface area contributed by atoms with Gasteiger partial charge in [-0.25, -0.2) is 9.07 Å². The Kier molecular flexibility index (Phi) is 6.95. The Morgan fingerprint density at radius 1 is 1.10 bits per heavy atom. The van der Waals surface area contributed by atoms with Crippen molar-refractivity contribution in [1.82, 2.24) is 14.7 Å². The van der Waals surface area contributed by atoms with Crippen LogP contribution in [0.3, 0.4) is 0 Å². The van der Waals surface area contributed by atoms with E-state index in [4.69, 9.17) is 9.47 Å². The molecule has 7 heteroatoms. The monoisotopic (exact) mass is 425 g/mol. The number of rotatable bonds is 8. The molecule has 3 rings (SSSR count). The number of nitrogens with zero attached hydrogens (tertiary/aromatic N) is 3. The lowest BCUT2D eigenvalue weighted by Gasteiger charge is -2.21. The molecular weight excluding hydrogens is 397 g/mol. The topological polar surface area (TPSA) is 56.6 Å². The van der Waals surface area contributed by atoms with Gasteiger partial charge in [0.25, 0.3) is 0 Å². The van der Waals surface area contributed by atoms with Crippen molar-refractivity contribution < 1.29 is 18.7 Å². The van der Waals surface area contributed by atoms with E-state index in [1.807, 2.05) is 45.0 Å². The molecule has 0 saturated heterocycles. The van der Waals surface area contributed by atoms with Gasteiger partial charge in [0.2, 0.25) is 11.8 Å². The van der Waals surface area contributed by atoms with Crippen LogP contribution in [-0.4, -0.2) is 40.8 Å². The number of aryl methyl sites for hydroxylation is 1. The highest BCUT2D eigenvalue weighted by atomic mass is 19.1. The van der Waals surface area contributed by atoms with Crippen LogP contribution in [0.25, 0.3) is 5.69 Å². The number of ether oxygens (including phenoxy) is 2. The third-order valence-electron chi connectivity index (χ3n) is 5.24. The van der Waals surface area contributed by atoms with Gasteiger partial charge in [0.1, 0.15) is 17.3 Å². The predicted molar refractivity (Wildman–Crippen MR) is 118 cm³/mol. The third-order valence-corrected chi connectivity index (χ3v) is 5.24. The normalized spacial score (nSPS) is 10.9. The Bertz CT molecular complexity index is 1030. The van der Waals surface area contributed by atoms with E-state index in [0.29, 0.717) is 24.5 Å². The molecule has 0 atom stereocenters. The number of carbonyl (C=O) groups excluding carboxylic acids is 1. The molecule has 164 valence electrons. The molecule has 0 aliphatic heterocycles. The van der Waals surface area contributed by atoms with Crippen molar-refractivity contribution in [2.24, 2.45) is 0 Å². The Hall–Kier alpha value is -3.35. The van der Waals surface area contributed by atoms with E-state index in [9.17, 15) is 9.18 Å². The van der Waals surface area contributed by atoms with Gasteiger partial charge < -0.3 is 14.4 Å². The molecule has 0 unspecified atom stereocenters. The molecule has 0 N–H and O–H groups in total. The summed E-state index contributed by atoms with van der Waals surface area (Å²) < 4.78 is 26.4. The molecule has 0 spiro atoms. The van der Waals surface area contributed by atoms with Crippen molar-refractivity contribution in [3.8, 4) is 23.1 Å². The molecule has 0 aliphatic carbocycles. The van der Waals surface area contributed by atoms with Crippen molar-refractivity contribution in [2.75, 3.05) is 14.2 Å². The zero-order valence-electron chi connectivity index (χ0n) is 18.6. The van der Waals surface area contributed by atoms with E-state index in [2.05, 4.69) is 5.10 Å². The van der Waals surface area contributed by atoms with Crippen LogP contribution < -0.4 is 9.47 Å². The Balaban J connectivity index is 1.97. The van der Waals surface area contributed by atoms with E-state index in [-0.39, 0.29) is 17.8 Å². The summed E-state index contributed by atoms with van der Waals surface area (Å²) in [4.78, 5) is 14.3. The van der Waals surface area contributed by atoms with Gasteiger partial charge in [-0.1, -0.05) is 0 Å². The lowest BCUT2D eigenvalue weighted by atomic mass is 10.1. The molecule has 0 aliphatic rings. The van der Waals surface area contributed by atoms with Crippen LogP contribution in [0.15, 0.2) is 48.5 Å². The van der Waals surface area contributed by atoms with Crippen LogP contribution in [0.1, 0.15) is 31.5 Å². The SMILES string of the molecule is COc1ccc(-n2nc(C)c(CCC(=O)N(C)C(C)C)c2Oc2ccc(F)cc2)cc1. The van der Waals surface area contributed by atoms with Gasteiger partial charge in [-0.3, -0.25) is 4.79 Å². The van der Waals surface area contributed by atoms with Gasteiger partial charge in [-0.15, -0.1) is 0 Å². The second-order valence-corrected chi connectivity index (χ2v) is 7.63. The molecule has 0 fully saturated rings. The first kappa shape index (κ1) is 22.3. The molecule has 6 nitrogen and oxygen atoms in total. The van der Waals surface area contributed by atoms with E-state index < -0.39 is 0 Å². The Labute approximate surface area is 182 Å². The number of amides is 1. The molecule has 0 radical (unpaired) electrons. The first-order valence-electron chi connectivity index (χ1n) is 10.2. The van der Waals surface area contributed by atoms with Crippen molar-refractivity contribution in [3.05, 3.63) is 65.6 Å². The molecule has 31 heavy (non-hydrogen) atoms. The maximum Gasteiger partial charge on any atom is 0.226 e. The summed E-state index contributed by atoms with van der Waals surface area (Å²) in [5, 5.41) is 4.66. The van der Waals surface area contributed by atoms with Crippen LogP contribution in [0.2, 0.25) is 0 Å². The fourth-order valence-electron chi connectivity index (χ4n) is 3.14. The molecule has 1 aromatic heterocycles. The number of methoxy groups -OCH3 is 1. The van der Waals surface area contributed by atoms with Crippen LogP contribution in [0.4, 0.5) is 4.39 Å². The molecule has 1 amide bonds. The highest BCUT2D eigenvalue weighted by Gasteiger charge is 2.21. The van der Waals surface area contributed by atoms with Crippen LogP contribution in [0, 0.1) is 12.7 Å². The summed E-state index contributed by atoms with van der Waals surface area (Å²) in [6.07, 6.45) is 0.817. The summed E-state index contributed by atoms with van der Waals surface area (Å²) >= 11 is 0. The molecule has 0 bridgehead atoms. The lowest BCUT2D eigenvalue weighted by Crippen LogP contribution is -2.33. The number of benzene rings is 2. The second-order valence-electron chi connectivity index (χ2n) is 7.63. The maximum atomic E-state index is 13.3. The number of carbonyl (C=O) groups is 1. The number of aromatic nitrogens is 2. The highest BCUT2D eigenvalue weighted by Crippen LogP contribution is 2.32. The van der Waals surface area contributed by atoms with Gasteiger partial charge >= 0.3 is 0 Å². The fourth-order valence-corrected chi connectivity index (χ4v) is 3.14. The molecule has 1 heterocycles. The van der Waals surface area contributed by atoms with Gasteiger partial charge in [-0.2, -0.15) is 5.10 Å². The summed E-state index contributed by atoms with van der Waals surface area (Å²) in [5.41, 5.74) is 2.40. The molecule has 3 aromatic rings. The molecular formula is C24H28FN3O3. The van der Waals surface area contributed by atoms with Crippen molar-refractivity contribution in [2.45, 2.75) is 39.7 Å². The van der Waals surface area contributed by atoms with Crippen molar-refractivity contribution in [1.29, 1.82) is 0 Å². The van der Waals surface area contributed by atoms with E-state index in [0.717, 1.165) is 22.7 Å². The van der Waals surface area contributed by atoms with E-state index >= 15 is 0 Å². The van der Waals surface area contributed by atoms with Gasteiger partial charge in [0.15, 0.2) is 0 Å². The summed E-state index contributed by atoms with van der Waals surface area (Å²) in [6, 6.07) is 13.4. The minimum Gasteiger partial charge on any atom is -0.497 e. The van der Waals surface area contributed by atoms with E-state index in [1.165, 1.54) is 12.1 Å². The first-order valence-corrected chi connectivity index (χ1v) is 10.2. The summed E-state index contributed by atoms with van der Waals surface area (Å²) in [6.45, 7) is 5.85. The Morgan fingerprint density at radius 2 is 1.71 bits per heavy atom. The zero-order valence-corrected chi connectivity index (χ0v) is 18.6. The quantitative estimate of drug-likeness (QED) is 0.514. The van der Waals surface area contributed by atoms with Gasteiger partial charge in [0.05, 0.1) is 18.5 Å². The minimum atomic E-state index is -0.338. The Morgan fingerprint density at radius 3 is 2.29 bits per heavy atom. The van der Waals surface area contributed by atoms with E-state index in [1.54, 1.807) is 35.9 Å². The minimum absolute atomic E-state index is 0.0549. The summed E-state index contributed by atoms with van der Waals surface area (Å²) in [7, 11) is 3.41. The average Bonchev–Trinajstić information content (AvgIpc) is 3.07. The highest BCUT2D eigenvalue weighted by molar-refractivity contribution is 5.76. The largest absolute Gasteiger partial charge is 0.497 e. The van der Waals surface area contributed by atoms with Crippen molar-refractivity contribution in [3.63, 3.8) is 0 Å². The molecule has 0 saturated carbocycles. The predicted octanol–water partition coefficient (Wildman–Crippen LogP) is 4.92. The lowest BCUT2D eigenvalue weighted by molar-refractivity contribution is -0.131. The van der Waals surface area contributed by atoms with Crippen LogP contribution in [0.5, 0.6) is 17.4 Å². The van der Waals surface area contributed by atoms with Gasteiger partial charge in [0, 0.05) is 25.1 Å². The standard InChI is InChI=1S/C24H28FN3O3/c1-16(2)27(4)23(29)15-14-22-17(3)26-28(19-8-12-20(30-5)13-9-19)24(22)31-21-10-6-18(25)7-11-21/h6-13,16H,14-15H2,1-5H3. The fraction of sp³-hybridized carbons (Fsp3) is 0.333. The van der Waals surface area contributed by atoms with Crippen LogP contribution >= 0.6 is 0 Å².